The first-order valence-electron chi connectivity index (χ1n) is 7.86. The fourth-order valence-corrected chi connectivity index (χ4v) is 3.41. The Bertz CT molecular complexity index is 488. The summed E-state index contributed by atoms with van der Waals surface area (Å²) in [6.07, 6.45) is 2.16. The van der Waals surface area contributed by atoms with E-state index in [9.17, 15) is 0 Å². The van der Waals surface area contributed by atoms with Crippen molar-refractivity contribution in [2.45, 2.75) is 45.3 Å². The van der Waals surface area contributed by atoms with Crippen LogP contribution in [-0.2, 0) is 6.42 Å². The Morgan fingerprint density at radius 2 is 1.91 bits per heavy atom. The van der Waals surface area contributed by atoms with E-state index in [0.717, 1.165) is 44.8 Å². The van der Waals surface area contributed by atoms with Crippen LogP contribution in [0.2, 0.25) is 0 Å². The highest BCUT2D eigenvalue weighted by atomic mass is 35.5. The third kappa shape index (κ3) is 4.08. The van der Waals surface area contributed by atoms with E-state index >= 15 is 0 Å². The minimum Gasteiger partial charge on any atom is -0.487 e. The number of hydrogen-bond acceptors (Lipinski definition) is 3. The molecule has 1 aromatic rings. The number of ether oxygens (including phenoxy) is 1. The SMILES string of the molecule is CCc1ccc2c(c1)C(N1CCNCC1)CC(C)(C)O2.Cl.Cl. The summed E-state index contributed by atoms with van der Waals surface area (Å²) in [5.41, 5.74) is 2.73. The van der Waals surface area contributed by atoms with Crippen molar-refractivity contribution in [3.63, 3.8) is 0 Å². The highest BCUT2D eigenvalue weighted by Gasteiger charge is 2.37. The van der Waals surface area contributed by atoms with Crippen molar-refractivity contribution in [3.8, 4) is 5.75 Å². The first-order valence-corrected chi connectivity index (χ1v) is 7.86. The molecule has 0 aliphatic carbocycles. The lowest BCUT2D eigenvalue weighted by Crippen LogP contribution is -2.48. The van der Waals surface area contributed by atoms with Gasteiger partial charge in [-0.2, -0.15) is 0 Å². The van der Waals surface area contributed by atoms with Crippen LogP contribution in [0.4, 0.5) is 0 Å². The minimum atomic E-state index is -0.0731. The zero-order chi connectivity index (χ0) is 14.2. The predicted molar refractivity (Wildman–Crippen MR) is 96.8 cm³/mol. The van der Waals surface area contributed by atoms with E-state index in [-0.39, 0.29) is 30.4 Å². The Labute approximate surface area is 146 Å². The van der Waals surface area contributed by atoms with E-state index in [2.05, 4.69) is 49.2 Å². The second-order valence-corrected chi connectivity index (χ2v) is 6.59. The van der Waals surface area contributed by atoms with Crippen molar-refractivity contribution in [2.24, 2.45) is 0 Å². The van der Waals surface area contributed by atoms with Crippen molar-refractivity contribution < 1.29 is 4.74 Å². The number of rotatable bonds is 2. The molecule has 1 saturated heterocycles. The zero-order valence-electron chi connectivity index (χ0n) is 13.7. The van der Waals surface area contributed by atoms with Gasteiger partial charge in [-0.25, -0.2) is 0 Å². The molecule has 3 rings (SSSR count). The molecule has 1 atom stereocenters. The molecule has 1 aromatic carbocycles. The average Bonchev–Trinajstić information content (AvgIpc) is 2.46. The third-order valence-electron chi connectivity index (χ3n) is 4.50. The number of halogens is 2. The molecule has 1 N–H and O–H groups in total. The normalized spacial score (nSPS) is 23.5. The monoisotopic (exact) mass is 346 g/mol. The summed E-state index contributed by atoms with van der Waals surface area (Å²) in [4.78, 5) is 2.62. The molecule has 2 heterocycles. The van der Waals surface area contributed by atoms with E-state index in [1.807, 2.05) is 0 Å². The highest BCUT2D eigenvalue weighted by Crippen LogP contribution is 2.43. The molecule has 1 fully saturated rings. The summed E-state index contributed by atoms with van der Waals surface area (Å²) in [5, 5.41) is 3.45. The fraction of sp³-hybridized carbons (Fsp3) is 0.647. The second-order valence-electron chi connectivity index (χ2n) is 6.59. The first-order chi connectivity index (χ1) is 9.59. The van der Waals surface area contributed by atoms with E-state index in [1.54, 1.807) is 0 Å². The molecule has 3 nitrogen and oxygen atoms in total. The van der Waals surface area contributed by atoms with Gasteiger partial charge in [-0.3, -0.25) is 4.90 Å². The maximum absolute atomic E-state index is 6.20. The standard InChI is InChI=1S/C17H26N2O.2ClH/c1-4-13-5-6-16-14(11-13)15(12-17(2,3)20-16)19-9-7-18-8-10-19;;/h5-6,11,15,18H,4,7-10,12H2,1-3H3;2*1H. The summed E-state index contributed by atoms with van der Waals surface area (Å²) < 4.78 is 6.20. The number of hydrogen-bond donors (Lipinski definition) is 1. The van der Waals surface area contributed by atoms with Gasteiger partial charge in [0.25, 0.3) is 0 Å². The number of nitrogens with zero attached hydrogens (tertiary/aromatic N) is 1. The van der Waals surface area contributed by atoms with E-state index in [4.69, 9.17) is 4.74 Å². The summed E-state index contributed by atoms with van der Waals surface area (Å²) in [5.74, 6) is 1.09. The fourth-order valence-electron chi connectivity index (χ4n) is 3.41. The van der Waals surface area contributed by atoms with Gasteiger partial charge in [-0.05, 0) is 31.9 Å². The van der Waals surface area contributed by atoms with Crippen LogP contribution >= 0.6 is 24.8 Å². The van der Waals surface area contributed by atoms with Crippen molar-refractivity contribution in [1.82, 2.24) is 10.2 Å². The number of benzene rings is 1. The minimum absolute atomic E-state index is 0. The van der Waals surface area contributed by atoms with Crippen molar-refractivity contribution >= 4 is 24.8 Å². The maximum Gasteiger partial charge on any atom is 0.124 e. The molecular weight excluding hydrogens is 319 g/mol. The maximum atomic E-state index is 6.20. The molecule has 0 radical (unpaired) electrons. The summed E-state index contributed by atoms with van der Waals surface area (Å²) in [6.45, 7) is 11.1. The van der Waals surface area contributed by atoms with Gasteiger partial charge < -0.3 is 10.1 Å². The Balaban J connectivity index is 0.00000121. The molecule has 22 heavy (non-hydrogen) atoms. The Morgan fingerprint density at radius 1 is 1.23 bits per heavy atom. The molecule has 0 saturated carbocycles. The largest absolute Gasteiger partial charge is 0.487 e. The lowest BCUT2D eigenvalue weighted by atomic mass is 9.87. The number of piperazine rings is 1. The molecule has 2 aliphatic heterocycles. The van der Waals surface area contributed by atoms with E-state index < -0.39 is 0 Å². The molecule has 0 aromatic heterocycles. The third-order valence-corrected chi connectivity index (χ3v) is 4.50. The highest BCUT2D eigenvalue weighted by molar-refractivity contribution is 5.85. The molecule has 0 bridgehead atoms. The van der Waals surface area contributed by atoms with Crippen LogP contribution in [-0.4, -0.2) is 36.7 Å². The second kappa shape index (κ2) is 7.87. The van der Waals surface area contributed by atoms with Crippen LogP contribution in [0, 0.1) is 0 Å². The van der Waals surface area contributed by atoms with Gasteiger partial charge in [-0.1, -0.05) is 19.1 Å². The van der Waals surface area contributed by atoms with Crippen LogP contribution in [0.15, 0.2) is 18.2 Å². The average molecular weight is 347 g/mol. The predicted octanol–water partition coefficient (Wildman–Crippen LogP) is 3.60. The molecule has 5 heteroatoms. The van der Waals surface area contributed by atoms with Crippen LogP contribution in [0.3, 0.4) is 0 Å². The van der Waals surface area contributed by atoms with Gasteiger partial charge in [0.1, 0.15) is 11.4 Å². The number of fused-ring (bicyclic) bond motifs is 1. The van der Waals surface area contributed by atoms with Crippen molar-refractivity contribution in [3.05, 3.63) is 29.3 Å². The van der Waals surface area contributed by atoms with Crippen LogP contribution in [0.25, 0.3) is 0 Å². The molecule has 2 aliphatic rings. The van der Waals surface area contributed by atoms with Crippen molar-refractivity contribution in [1.29, 1.82) is 0 Å². The Kier molecular flexibility index (Phi) is 7.00. The first kappa shape index (κ1) is 19.6. The van der Waals surface area contributed by atoms with Gasteiger partial charge >= 0.3 is 0 Å². The molecule has 0 amide bonds. The summed E-state index contributed by atoms with van der Waals surface area (Å²) >= 11 is 0. The lowest BCUT2D eigenvalue weighted by Gasteiger charge is -2.44. The van der Waals surface area contributed by atoms with Crippen LogP contribution < -0.4 is 10.1 Å². The number of aryl methyl sites for hydroxylation is 1. The molecule has 126 valence electrons. The molecular formula is C17H28Cl2N2O. The van der Waals surface area contributed by atoms with Crippen molar-refractivity contribution in [2.75, 3.05) is 26.2 Å². The Hall–Kier alpha value is -0.480. The smallest absolute Gasteiger partial charge is 0.124 e. The van der Waals surface area contributed by atoms with Gasteiger partial charge in [-0.15, -0.1) is 24.8 Å². The summed E-state index contributed by atoms with van der Waals surface area (Å²) in [7, 11) is 0. The lowest BCUT2D eigenvalue weighted by molar-refractivity contribution is 0.0259. The zero-order valence-corrected chi connectivity index (χ0v) is 15.4. The van der Waals surface area contributed by atoms with Crippen LogP contribution in [0.5, 0.6) is 5.75 Å². The molecule has 0 spiro atoms. The quantitative estimate of drug-likeness (QED) is 0.885. The van der Waals surface area contributed by atoms with E-state index in [1.165, 1.54) is 11.1 Å². The summed E-state index contributed by atoms with van der Waals surface area (Å²) in [6, 6.07) is 7.23. The van der Waals surface area contributed by atoms with Gasteiger partial charge in [0.2, 0.25) is 0 Å². The Morgan fingerprint density at radius 3 is 2.55 bits per heavy atom. The molecule has 1 unspecified atom stereocenters. The topological polar surface area (TPSA) is 24.5 Å². The van der Waals surface area contributed by atoms with Gasteiger partial charge in [0.15, 0.2) is 0 Å². The van der Waals surface area contributed by atoms with Gasteiger partial charge in [0.05, 0.1) is 0 Å². The van der Waals surface area contributed by atoms with Crippen LogP contribution in [0.1, 0.15) is 44.4 Å². The number of nitrogens with one attached hydrogen (secondary N) is 1. The van der Waals surface area contributed by atoms with E-state index in [0.29, 0.717) is 6.04 Å². The van der Waals surface area contributed by atoms with Gasteiger partial charge in [0, 0.05) is 44.2 Å².